The first kappa shape index (κ1) is 19.4. The molecule has 142 valence electrons. The van der Waals surface area contributed by atoms with Crippen molar-refractivity contribution in [1.82, 2.24) is 4.98 Å². The van der Waals surface area contributed by atoms with Gasteiger partial charge in [-0.1, -0.05) is 0 Å². The van der Waals surface area contributed by atoms with Crippen molar-refractivity contribution in [3.8, 4) is 34.6 Å². The molecule has 0 spiro atoms. The van der Waals surface area contributed by atoms with Gasteiger partial charge in [-0.3, -0.25) is 0 Å². The number of hydrogen-bond acceptors (Lipinski definition) is 6. The highest BCUT2D eigenvalue weighted by molar-refractivity contribution is 7.11. The average Bonchev–Trinajstić information content (AvgIpc) is 3.21. The van der Waals surface area contributed by atoms with Gasteiger partial charge in [0.05, 0.1) is 32.6 Å². The van der Waals surface area contributed by atoms with E-state index in [1.807, 2.05) is 5.38 Å². The number of aromatic nitrogens is 1. The van der Waals surface area contributed by atoms with Crippen LogP contribution in [0.25, 0.3) is 22.9 Å². The molecule has 1 aromatic heterocycles. The van der Waals surface area contributed by atoms with E-state index >= 15 is 0 Å². The average molecular weight is 396 g/mol. The number of benzene rings is 2. The Morgan fingerprint density at radius 3 is 2.36 bits per heavy atom. The Bertz CT molecular complexity index is 1050. The largest absolute Gasteiger partial charge is 0.493 e. The Balaban J connectivity index is 2.02. The Kier molecular flexibility index (Phi) is 5.92. The number of thiazole rings is 1. The van der Waals surface area contributed by atoms with Crippen LogP contribution >= 0.6 is 11.3 Å². The minimum absolute atomic E-state index is 0.308. The molecule has 0 aliphatic carbocycles. The van der Waals surface area contributed by atoms with E-state index in [1.165, 1.54) is 37.7 Å². The first-order valence-corrected chi connectivity index (χ1v) is 9.11. The highest BCUT2D eigenvalue weighted by Gasteiger charge is 2.16. The molecule has 0 amide bonds. The SMILES string of the molecule is COc1ccc(/C=C(\C#N)c2nc(-c3ccc(F)cc3)cs2)c(OC)c1OC. The fraction of sp³-hybridized carbons (Fsp3) is 0.143. The standard InChI is InChI=1S/C21H17FN2O3S/c1-25-18-9-6-14(19(26-2)20(18)27-3)10-15(11-23)21-24-17(12-28-21)13-4-7-16(22)8-5-13/h4-10,12H,1-3H3/b15-10+. The number of halogens is 1. The van der Waals surface area contributed by atoms with Crippen LogP contribution in [0.1, 0.15) is 10.6 Å². The van der Waals surface area contributed by atoms with Crippen LogP contribution < -0.4 is 14.2 Å². The smallest absolute Gasteiger partial charge is 0.203 e. The normalized spacial score (nSPS) is 11.0. The second-order valence-electron chi connectivity index (χ2n) is 5.64. The monoisotopic (exact) mass is 396 g/mol. The molecule has 2 aromatic carbocycles. The summed E-state index contributed by atoms with van der Waals surface area (Å²) in [5.74, 6) is 1.13. The lowest BCUT2D eigenvalue weighted by atomic mass is 10.1. The number of nitriles is 1. The van der Waals surface area contributed by atoms with Crippen LogP contribution in [0.3, 0.4) is 0 Å². The summed E-state index contributed by atoms with van der Waals surface area (Å²) >= 11 is 1.34. The van der Waals surface area contributed by atoms with Crippen LogP contribution in [-0.2, 0) is 0 Å². The zero-order valence-corrected chi connectivity index (χ0v) is 16.3. The maximum Gasteiger partial charge on any atom is 0.203 e. The Morgan fingerprint density at radius 2 is 1.75 bits per heavy atom. The van der Waals surface area contributed by atoms with Crippen LogP contribution in [0.5, 0.6) is 17.2 Å². The predicted octanol–water partition coefficient (Wildman–Crippen LogP) is 5.04. The molecule has 0 unspecified atom stereocenters. The summed E-state index contributed by atoms with van der Waals surface area (Å²) in [4.78, 5) is 4.52. The van der Waals surface area contributed by atoms with Crippen LogP contribution in [0.4, 0.5) is 4.39 Å². The number of hydrogen-bond donors (Lipinski definition) is 0. The molecule has 0 bridgehead atoms. The summed E-state index contributed by atoms with van der Waals surface area (Å²) in [5, 5.41) is 12.0. The third-order valence-corrected chi connectivity index (χ3v) is 4.91. The van der Waals surface area contributed by atoms with Crippen LogP contribution in [0.2, 0.25) is 0 Å². The Labute approximate surface area is 166 Å². The van der Waals surface area contributed by atoms with Gasteiger partial charge in [0.2, 0.25) is 5.75 Å². The molecule has 0 saturated heterocycles. The van der Waals surface area contributed by atoms with Crippen molar-refractivity contribution in [2.24, 2.45) is 0 Å². The molecule has 0 fully saturated rings. The van der Waals surface area contributed by atoms with Gasteiger partial charge in [-0.15, -0.1) is 11.3 Å². The lowest BCUT2D eigenvalue weighted by Crippen LogP contribution is -1.97. The van der Waals surface area contributed by atoms with Crippen molar-refractivity contribution in [1.29, 1.82) is 5.26 Å². The van der Waals surface area contributed by atoms with E-state index in [1.54, 1.807) is 37.5 Å². The number of methoxy groups -OCH3 is 3. The van der Waals surface area contributed by atoms with Gasteiger partial charge in [-0.25, -0.2) is 9.37 Å². The molecule has 0 aliphatic heterocycles. The van der Waals surface area contributed by atoms with E-state index in [-0.39, 0.29) is 5.82 Å². The third kappa shape index (κ3) is 3.82. The third-order valence-electron chi connectivity index (χ3n) is 4.03. The number of nitrogens with zero attached hydrogens (tertiary/aromatic N) is 2. The molecule has 28 heavy (non-hydrogen) atoms. The second kappa shape index (κ2) is 8.55. The van der Waals surface area contributed by atoms with E-state index in [4.69, 9.17) is 14.2 Å². The van der Waals surface area contributed by atoms with Gasteiger partial charge in [0.1, 0.15) is 16.9 Å². The molecule has 0 atom stereocenters. The Hall–Kier alpha value is -3.37. The molecule has 0 radical (unpaired) electrons. The highest BCUT2D eigenvalue weighted by Crippen LogP contribution is 2.41. The van der Waals surface area contributed by atoms with Crippen molar-refractivity contribution < 1.29 is 18.6 Å². The van der Waals surface area contributed by atoms with Gasteiger partial charge in [0, 0.05) is 16.5 Å². The topological polar surface area (TPSA) is 64.4 Å². The van der Waals surface area contributed by atoms with Gasteiger partial charge in [0.25, 0.3) is 0 Å². The first-order chi connectivity index (χ1) is 13.6. The molecule has 3 rings (SSSR count). The number of rotatable bonds is 6. The molecular weight excluding hydrogens is 379 g/mol. The highest BCUT2D eigenvalue weighted by atomic mass is 32.1. The van der Waals surface area contributed by atoms with Gasteiger partial charge in [-0.2, -0.15) is 5.26 Å². The van der Waals surface area contributed by atoms with E-state index in [0.717, 1.165) is 5.56 Å². The van der Waals surface area contributed by atoms with Crippen LogP contribution in [0, 0.1) is 17.1 Å². The zero-order chi connectivity index (χ0) is 20.1. The fourth-order valence-electron chi connectivity index (χ4n) is 2.69. The number of ether oxygens (including phenoxy) is 3. The predicted molar refractivity (Wildman–Crippen MR) is 107 cm³/mol. The zero-order valence-electron chi connectivity index (χ0n) is 15.5. The first-order valence-electron chi connectivity index (χ1n) is 8.23. The maximum atomic E-state index is 13.1. The quantitative estimate of drug-likeness (QED) is 0.546. The van der Waals surface area contributed by atoms with Crippen LogP contribution in [0.15, 0.2) is 41.8 Å². The van der Waals surface area contributed by atoms with Crippen molar-refractivity contribution in [3.63, 3.8) is 0 Å². The number of allylic oxidation sites excluding steroid dienone is 1. The van der Waals surface area contributed by atoms with Crippen molar-refractivity contribution >= 4 is 23.0 Å². The molecule has 0 N–H and O–H groups in total. The summed E-state index contributed by atoms with van der Waals surface area (Å²) in [5.41, 5.74) is 2.50. The molecule has 7 heteroatoms. The van der Waals surface area contributed by atoms with Gasteiger partial charge >= 0.3 is 0 Å². The van der Waals surface area contributed by atoms with Gasteiger partial charge in [-0.05, 0) is 42.5 Å². The molecule has 3 aromatic rings. The van der Waals surface area contributed by atoms with E-state index in [9.17, 15) is 9.65 Å². The lowest BCUT2D eigenvalue weighted by Gasteiger charge is -2.14. The Morgan fingerprint density at radius 1 is 1.04 bits per heavy atom. The molecule has 0 saturated carbocycles. The summed E-state index contributed by atoms with van der Waals surface area (Å²) < 4.78 is 29.3. The fourth-order valence-corrected chi connectivity index (χ4v) is 3.48. The summed E-state index contributed by atoms with van der Waals surface area (Å²) in [6.45, 7) is 0. The molecule has 0 aliphatic rings. The van der Waals surface area contributed by atoms with Crippen molar-refractivity contribution in [3.05, 3.63) is 58.2 Å². The molecule has 5 nitrogen and oxygen atoms in total. The van der Waals surface area contributed by atoms with E-state index < -0.39 is 0 Å². The van der Waals surface area contributed by atoms with Gasteiger partial charge < -0.3 is 14.2 Å². The summed E-state index contributed by atoms with van der Waals surface area (Å²) in [7, 11) is 4.59. The van der Waals surface area contributed by atoms with Crippen LogP contribution in [-0.4, -0.2) is 26.3 Å². The second-order valence-corrected chi connectivity index (χ2v) is 6.50. The lowest BCUT2D eigenvalue weighted by molar-refractivity contribution is 0.324. The van der Waals surface area contributed by atoms with Gasteiger partial charge in [0.15, 0.2) is 11.5 Å². The maximum absolute atomic E-state index is 13.1. The van der Waals surface area contributed by atoms with Crippen molar-refractivity contribution in [2.45, 2.75) is 0 Å². The summed E-state index contributed by atoms with van der Waals surface area (Å²) in [6.07, 6.45) is 1.69. The summed E-state index contributed by atoms with van der Waals surface area (Å²) in [6, 6.07) is 11.8. The van der Waals surface area contributed by atoms with E-state index in [2.05, 4.69) is 11.1 Å². The molecule has 1 heterocycles. The van der Waals surface area contributed by atoms with E-state index in [0.29, 0.717) is 39.1 Å². The molecular formula is C21H17FN2O3S. The minimum atomic E-state index is -0.308. The minimum Gasteiger partial charge on any atom is -0.493 e. The van der Waals surface area contributed by atoms with Crippen molar-refractivity contribution in [2.75, 3.05) is 21.3 Å².